The summed E-state index contributed by atoms with van der Waals surface area (Å²) in [5.41, 5.74) is 1.52. The number of rotatable bonds is 4. The van der Waals surface area contributed by atoms with Crippen LogP contribution in [0.15, 0.2) is 24.3 Å². The van der Waals surface area contributed by atoms with Gasteiger partial charge in [0, 0.05) is 12.3 Å². The molecule has 20 heavy (non-hydrogen) atoms. The third kappa shape index (κ3) is 3.95. The van der Waals surface area contributed by atoms with Crippen LogP contribution >= 0.6 is 0 Å². The van der Waals surface area contributed by atoms with E-state index in [9.17, 15) is 9.90 Å². The topological polar surface area (TPSA) is 70.6 Å². The van der Waals surface area contributed by atoms with Gasteiger partial charge in [-0.25, -0.2) is 4.79 Å². The van der Waals surface area contributed by atoms with Crippen LogP contribution in [0.4, 0.5) is 10.5 Å². The molecular weight excluding hydrogens is 256 g/mol. The number of hydrogen-bond donors (Lipinski definition) is 3. The van der Waals surface area contributed by atoms with Gasteiger partial charge in [0.15, 0.2) is 0 Å². The molecule has 1 aromatic carbocycles. The van der Waals surface area contributed by atoms with Crippen molar-refractivity contribution >= 4 is 11.7 Å². The number of aliphatic hydroxyl groups excluding tert-OH is 1. The van der Waals surface area contributed by atoms with Crippen LogP contribution in [-0.2, 0) is 4.74 Å². The van der Waals surface area contributed by atoms with Crippen LogP contribution in [0, 0.1) is 0 Å². The van der Waals surface area contributed by atoms with E-state index < -0.39 is 6.10 Å². The minimum atomic E-state index is -0.502. The minimum absolute atomic E-state index is 0.00534. The summed E-state index contributed by atoms with van der Waals surface area (Å²) in [6.45, 7) is 4.43. The van der Waals surface area contributed by atoms with Crippen molar-refractivity contribution in [1.82, 2.24) is 5.32 Å². The summed E-state index contributed by atoms with van der Waals surface area (Å²) < 4.78 is 5.54. The van der Waals surface area contributed by atoms with Crippen molar-refractivity contribution < 1.29 is 14.6 Å². The van der Waals surface area contributed by atoms with E-state index in [1.165, 1.54) is 0 Å². The van der Waals surface area contributed by atoms with Gasteiger partial charge in [0.1, 0.15) is 0 Å². The number of benzene rings is 1. The average molecular weight is 278 g/mol. The largest absolute Gasteiger partial charge is 0.389 e. The fraction of sp³-hybridized carbons (Fsp3) is 0.533. The zero-order valence-electron chi connectivity index (χ0n) is 11.9. The molecule has 3 atom stereocenters. The van der Waals surface area contributed by atoms with Crippen LogP contribution in [0.2, 0.25) is 0 Å². The molecule has 0 aromatic heterocycles. The summed E-state index contributed by atoms with van der Waals surface area (Å²) in [4.78, 5) is 11.9. The molecule has 5 heteroatoms. The monoisotopic (exact) mass is 278 g/mol. The fourth-order valence-electron chi connectivity index (χ4n) is 2.31. The highest BCUT2D eigenvalue weighted by Crippen LogP contribution is 2.17. The first-order valence-corrected chi connectivity index (χ1v) is 7.03. The number of anilines is 1. The van der Waals surface area contributed by atoms with Gasteiger partial charge in [-0.2, -0.15) is 0 Å². The normalized spacial score (nSPS) is 21.2. The molecule has 2 rings (SSSR count). The maximum Gasteiger partial charge on any atom is 0.319 e. The van der Waals surface area contributed by atoms with E-state index >= 15 is 0 Å². The molecule has 3 N–H and O–H groups in total. The Bertz CT molecular complexity index is 439. The summed E-state index contributed by atoms with van der Waals surface area (Å²) in [5, 5.41) is 15.1. The Morgan fingerprint density at radius 1 is 1.35 bits per heavy atom. The smallest absolute Gasteiger partial charge is 0.319 e. The second-order valence-electron chi connectivity index (χ2n) is 5.24. The summed E-state index contributed by atoms with van der Waals surface area (Å²) in [5.74, 6) is 0. The van der Waals surface area contributed by atoms with Crippen LogP contribution in [0.25, 0.3) is 0 Å². The molecule has 1 aliphatic heterocycles. The van der Waals surface area contributed by atoms with Gasteiger partial charge in [-0.3, -0.25) is 0 Å². The van der Waals surface area contributed by atoms with Crippen molar-refractivity contribution in [2.24, 2.45) is 0 Å². The summed E-state index contributed by atoms with van der Waals surface area (Å²) in [6, 6.07) is 6.90. The lowest BCUT2D eigenvalue weighted by atomic mass is 10.1. The van der Waals surface area contributed by atoms with Crippen LogP contribution in [-0.4, -0.2) is 29.9 Å². The van der Waals surface area contributed by atoms with E-state index in [0.717, 1.165) is 25.0 Å². The predicted octanol–water partition coefficient (Wildman–Crippen LogP) is 2.43. The molecule has 3 unspecified atom stereocenters. The van der Waals surface area contributed by atoms with Crippen molar-refractivity contribution in [1.29, 1.82) is 0 Å². The van der Waals surface area contributed by atoms with E-state index in [2.05, 4.69) is 10.6 Å². The maximum absolute atomic E-state index is 11.9. The SMILES string of the molecule is CC(O)c1ccc(NC(=O)NC(C)C2CCCO2)cc1. The standard InChI is InChI=1S/C15H22N2O3/c1-10(14-4-3-9-20-14)16-15(19)17-13-7-5-12(6-8-13)11(2)18/h5-8,10-11,14,18H,3-4,9H2,1-2H3,(H2,16,17,19). The highest BCUT2D eigenvalue weighted by atomic mass is 16.5. The first-order chi connectivity index (χ1) is 9.56. The van der Waals surface area contributed by atoms with E-state index in [-0.39, 0.29) is 18.2 Å². The quantitative estimate of drug-likeness (QED) is 0.792. The summed E-state index contributed by atoms with van der Waals surface area (Å²) in [7, 11) is 0. The molecule has 0 aliphatic carbocycles. The van der Waals surface area contributed by atoms with Crippen molar-refractivity contribution in [3.63, 3.8) is 0 Å². The Morgan fingerprint density at radius 3 is 2.60 bits per heavy atom. The molecule has 1 aromatic rings. The lowest BCUT2D eigenvalue weighted by Gasteiger charge is -2.20. The van der Waals surface area contributed by atoms with Crippen molar-refractivity contribution in [2.45, 2.75) is 44.9 Å². The number of urea groups is 1. The van der Waals surface area contributed by atoms with Gasteiger partial charge >= 0.3 is 6.03 Å². The number of nitrogens with one attached hydrogen (secondary N) is 2. The second kappa shape index (κ2) is 6.72. The number of hydrogen-bond acceptors (Lipinski definition) is 3. The zero-order chi connectivity index (χ0) is 14.5. The molecular formula is C15H22N2O3. The molecule has 0 saturated carbocycles. The molecule has 1 fully saturated rings. The van der Waals surface area contributed by atoms with Gasteiger partial charge in [-0.15, -0.1) is 0 Å². The van der Waals surface area contributed by atoms with Crippen LogP contribution < -0.4 is 10.6 Å². The third-order valence-electron chi connectivity index (χ3n) is 3.53. The van der Waals surface area contributed by atoms with E-state index in [0.29, 0.717) is 5.69 Å². The Hall–Kier alpha value is -1.59. The first-order valence-electron chi connectivity index (χ1n) is 7.03. The Morgan fingerprint density at radius 2 is 2.05 bits per heavy atom. The number of amides is 2. The molecule has 5 nitrogen and oxygen atoms in total. The predicted molar refractivity (Wildman–Crippen MR) is 77.7 cm³/mol. The van der Waals surface area contributed by atoms with Gasteiger partial charge in [0.2, 0.25) is 0 Å². The minimum Gasteiger partial charge on any atom is -0.389 e. The van der Waals surface area contributed by atoms with E-state index in [1.807, 2.05) is 6.92 Å². The first kappa shape index (κ1) is 14.8. The van der Waals surface area contributed by atoms with Crippen LogP contribution in [0.5, 0.6) is 0 Å². The van der Waals surface area contributed by atoms with Crippen molar-refractivity contribution in [2.75, 3.05) is 11.9 Å². The van der Waals surface area contributed by atoms with Gasteiger partial charge in [0.25, 0.3) is 0 Å². The van der Waals surface area contributed by atoms with Crippen molar-refractivity contribution in [3.05, 3.63) is 29.8 Å². The average Bonchev–Trinajstić information content (AvgIpc) is 2.93. The molecule has 1 saturated heterocycles. The Balaban J connectivity index is 1.84. The molecule has 0 bridgehead atoms. The zero-order valence-corrected chi connectivity index (χ0v) is 11.9. The highest BCUT2D eigenvalue weighted by molar-refractivity contribution is 5.89. The third-order valence-corrected chi connectivity index (χ3v) is 3.53. The number of aliphatic hydroxyl groups is 1. The maximum atomic E-state index is 11.9. The number of carbonyl (C=O) groups excluding carboxylic acids is 1. The van der Waals surface area contributed by atoms with Gasteiger partial charge in [-0.1, -0.05) is 12.1 Å². The van der Waals surface area contributed by atoms with Gasteiger partial charge < -0.3 is 20.5 Å². The molecule has 1 heterocycles. The van der Waals surface area contributed by atoms with E-state index in [1.54, 1.807) is 31.2 Å². The lowest BCUT2D eigenvalue weighted by molar-refractivity contribution is 0.0868. The Labute approximate surface area is 119 Å². The molecule has 2 amide bonds. The van der Waals surface area contributed by atoms with Crippen LogP contribution in [0.1, 0.15) is 38.4 Å². The molecule has 110 valence electrons. The van der Waals surface area contributed by atoms with E-state index in [4.69, 9.17) is 4.74 Å². The summed E-state index contributed by atoms with van der Waals surface area (Å²) in [6.07, 6.45) is 1.65. The Kier molecular flexibility index (Phi) is 4.98. The second-order valence-corrected chi connectivity index (χ2v) is 5.24. The van der Waals surface area contributed by atoms with Gasteiger partial charge in [-0.05, 0) is 44.4 Å². The van der Waals surface area contributed by atoms with Crippen molar-refractivity contribution in [3.8, 4) is 0 Å². The number of carbonyl (C=O) groups is 1. The molecule has 0 spiro atoms. The highest BCUT2D eigenvalue weighted by Gasteiger charge is 2.23. The lowest BCUT2D eigenvalue weighted by Crippen LogP contribution is -2.42. The molecule has 1 aliphatic rings. The molecule has 0 radical (unpaired) electrons. The number of ether oxygens (including phenoxy) is 1. The fourth-order valence-corrected chi connectivity index (χ4v) is 2.31. The van der Waals surface area contributed by atoms with Crippen LogP contribution in [0.3, 0.4) is 0 Å². The van der Waals surface area contributed by atoms with Gasteiger partial charge in [0.05, 0.1) is 18.2 Å². The summed E-state index contributed by atoms with van der Waals surface area (Å²) >= 11 is 0.